The molecule has 0 radical (unpaired) electrons. The van der Waals surface area contributed by atoms with Crippen molar-refractivity contribution in [1.82, 2.24) is 10.2 Å². The molecule has 1 amide bonds. The van der Waals surface area contributed by atoms with Crippen LogP contribution in [0.3, 0.4) is 0 Å². The molecule has 0 aliphatic carbocycles. The predicted octanol–water partition coefficient (Wildman–Crippen LogP) is 5.48. The van der Waals surface area contributed by atoms with E-state index in [1.165, 1.54) is 11.8 Å². The highest BCUT2D eigenvalue weighted by Gasteiger charge is 2.20. The number of hydrogen-bond donors (Lipinski definition) is 1. The predicted molar refractivity (Wildman–Crippen MR) is 120 cm³/mol. The second-order valence-electron chi connectivity index (χ2n) is 6.55. The lowest BCUT2D eigenvalue weighted by atomic mass is 10.2. The Morgan fingerprint density at radius 2 is 2.00 bits per heavy atom. The summed E-state index contributed by atoms with van der Waals surface area (Å²) in [4.78, 5) is 14.7. The van der Waals surface area contributed by atoms with Gasteiger partial charge in [-0.1, -0.05) is 51.4 Å². The van der Waals surface area contributed by atoms with Crippen molar-refractivity contribution >= 4 is 56.6 Å². The van der Waals surface area contributed by atoms with E-state index in [9.17, 15) is 4.79 Å². The van der Waals surface area contributed by atoms with Crippen LogP contribution in [0.15, 0.2) is 56.6 Å². The van der Waals surface area contributed by atoms with E-state index in [1.807, 2.05) is 42.5 Å². The van der Waals surface area contributed by atoms with Gasteiger partial charge in [0.2, 0.25) is 11.8 Å². The second-order valence-corrected chi connectivity index (χ2v) is 8.80. The van der Waals surface area contributed by atoms with Crippen LogP contribution in [0.2, 0.25) is 5.02 Å². The summed E-state index contributed by atoms with van der Waals surface area (Å²) in [6, 6.07) is 13.2. The standard InChI is InChI=1S/C20H18BrClN4O2S/c21-14-6-3-5-13(11-14)19-24-25-20(28-19)29-12-17(27)23-16-8-4-7-15(22)18(16)26-9-1-2-10-26/h3-8,11H,1-2,9-10,12H2,(H,23,27). The summed E-state index contributed by atoms with van der Waals surface area (Å²) in [6.45, 7) is 1.89. The molecule has 0 bridgehead atoms. The number of halogens is 2. The molecule has 1 aromatic heterocycles. The van der Waals surface area contributed by atoms with Crippen molar-refractivity contribution in [2.45, 2.75) is 18.1 Å². The van der Waals surface area contributed by atoms with Crippen LogP contribution in [0.5, 0.6) is 0 Å². The van der Waals surface area contributed by atoms with Gasteiger partial charge in [-0.25, -0.2) is 0 Å². The van der Waals surface area contributed by atoms with Crippen LogP contribution in [0, 0.1) is 0 Å². The normalized spacial score (nSPS) is 13.7. The quantitative estimate of drug-likeness (QED) is 0.458. The average Bonchev–Trinajstić information content (AvgIpc) is 3.39. The number of hydrogen-bond acceptors (Lipinski definition) is 6. The van der Waals surface area contributed by atoms with Gasteiger partial charge in [-0.3, -0.25) is 4.79 Å². The number of amides is 1. The van der Waals surface area contributed by atoms with Gasteiger partial charge in [0.05, 0.1) is 22.2 Å². The Bertz CT molecular complexity index is 1020. The zero-order chi connectivity index (χ0) is 20.2. The molecule has 1 saturated heterocycles. The molecule has 0 atom stereocenters. The van der Waals surface area contributed by atoms with E-state index in [2.05, 4.69) is 36.3 Å². The first-order valence-corrected chi connectivity index (χ1v) is 11.3. The van der Waals surface area contributed by atoms with Crippen LogP contribution in [-0.2, 0) is 4.79 Å². The largest absolute Gasteiger partial charge is 0.411 e. The lowest BCUT2D eigenvalue weighted by Gasteiger charge is -2.22. The van der Waals surface area contributed by atoms with E-state index < -0.39 is 0 Å². The van der Waals surface area contributed by atoms with E-state index in [0.29, 0.717) is 16.1 Å². The molecule has 0 spiro atoms. The van der Waals surface area contributed by atoms with Crippen LogP contribution in [0.4, 0.5) is 11.4 Å². The fourth-order valence-electron chi connectivity index (χ4n) is 3.20. The molecule has 3 aromatic rings. The Kier molecular flexibility index (Phi) is 6.42. The summed E-state index contributed by atoms with van der Waals surface area (Å²) < 4.78 is 6.59. The molecule has 2 heterocycles. The molecular formula is C20H18BrClN4O2S. The minimum absolute atomic E-state index is 0.153. The van der Waals surface area contributed by atoms with Crippen LogP contribution >= 0.6 is 39.3 Å². The Labute approximate surface area is 186 Å². The average molecular weight is 494 g/mol. The monoisotopic (exact) mass is 492 g/mol. The van der Waals surface area contributed by atoms with Gasteiger partial charge in [0.1, 0.15) is 0 Å². The van der Waals surface area contributed by atoms with Crippen molar-refractivity contribution in [1.29, 1.82) is 0 Å². The molecule has 0 saturated carbocycles. The minimum atomic E-state index is -0.153. The maximum atomic E-state index is 12.5. The fraction of sp³-hybridized carbons (Fsp3) is 0.250. The van der Waals surface area contributed by atoms with Crippen LogP contribution < -0.4 is 10.2 Å². The Morgan fingerprint density at radius 3 is 2.79 bits per heavy atom. The molecule has 1 aliphatic rings. The smallest absolute Gasteiger partial charge is 0.277 e. The highest BCUT2D eigenvalue weighted by Crippen LogP contribution is 2.36. The van der Waals surface area contributed by atoms with Crippen LogP contribution in [0.1, 0.15) is 12.8 Å². The number of carbonyl (C=O) groups excluding carboxylic acids is 1. The van der Waals surface area contributed by atoms with Crippen molar-refractivity contribution in [3.63, 3.8) is 0 Å². The molecule has 2 aromatic carbocycles. The second kappa shape index (κ2) is 9.19. The van der Waals surface area contributed by atoms with Crippen LogP contribution in [0.25, 0.3) is 11.5 Å². The van der Waals surface area contributed by atoms with Crippen molar-refractivity contribution in [3.05, 3.63) is 52.0 Å². The van der Waals surface area contributed by atoms with Crippen molar-refractivity contribution in [3.8, 4) is 11.5 Å². The molecule has 4 rings (SSSR count). The zero-order valence-electron chi connectivity index (χ0n) is 15.4. The molecule has 29 heavy (non-hydrogen) atoms. The number of benzene rings is 2. The number of para-hydroxylation sites is 1. The summed E-state index contributed by atoms with van der Waals surface area (Å²) in [7, 11) is 0. The molecule has 9 heteroatoms. The Hall–Kier alpha value is -2.03. The molecule has 1 N–H and O–H groups in total. The number of nitrogens with zero attached hydrogens (tertiary/aromatic N) is 3. The van der Waals surface area contributed by atoms with Gasteiger partial charge in [-0.2, -0.15) is 0 Å². The summed E-state index contributed by atoms with van der Waals surface area (Å²) in [5.41, 5.74) is 2.43. The van der Waals surface area contributed by atoms with Gasteiger partial charge in [0.25, 0.3) is 5.22 Å². The molecule has 1 fully saturated rings. The summed E-state index contributed by atoms with van der Waals surface area (Å²) >= 11 is 11.0. The molecule has 1 aliphatic heterocycles. The van der Waals surface area contributed by atoms with Gasteiger partial charge in [0, 0.05) is 23.1 Å². The number of thioether (sulfide) groups is 1. The van der Waals surface area contributed by atoms with Crippen molar-refractivity contribution in [2.24, 2.45) is 0 Å². The number of carbonyl (C=O) groups is 1. The lowest BCUT2D eigenvalue weighted by molar-refractivity contribution is -0.113. The third-order valence-electron chi connectivity index (χ3n) is 4.49. The van der Waals surface area contributed by atoms with Crippen molar-refractivity contribution < 1.29 is 9.21 Å². The Balaban J connectivity index is 1.40. The topological polar surface area (TPSA) is 71.3 Å². The van der Waals surface area contributed by atoms with E-state index in [-0.39, 0.29) is 11.7 Å². The van der Waals surface area contributed by atoms with E-state index in [0.717, 1.165) is 47.3 Å². The van der Waals surface area contributed by atoms with E-state index in [4.69, 9.17) is 16.0 Å². The number of nitrogens with one attached hydrogen (secondary N) is 1. The third kappa shape index (κ3) is 4.94. The number of anilines is 2. The van der Waals surface area contributed by atoms with E-state index in [1.54, 1.807) is 0 Å². The highest BCUT2D eigenvalue weighted by atomic mass is 79.9. The van der Waals surface area contributed by atoms with Gasteiger partial charge >= 0.3 is 0 Å². The maximum Gasteiger partial charge on any atom is 0.277 e. The van der Waals surface area contributed by atoms with Gasteiger partial charge in [0.15, 0.2) is 0 Å². The fourth-order valence-corrected chi connectivity index (χ4v) is 4.45. The first-order chi connectivity index (χ1) is 14.1. The summed E-state index contributed by atoms with van der Waals surface area (Å²) in [6.07, 6.45) is 2.26. The molecular weight excluding hydrogens is 476 g/mol. The molecule has 6 nitrogen and oxygen atoms in total. The van der Waals surface area contributed by atoms with Gasteiger partial charge in [-0.15, -0.1) is 10.2 Å². The van der Waals surface area contributed by atoms with Crippen molar-refractivity contribution in [2.75, 3.05) is 29.1 Å². The lowest BCUT2D eigenvalue weighted by Crippen LogP contribution is -2.22. The number of rotatable bonds is 6. The number of aromatic nitrogens is 2. The van der Waals surface area contributed by atoms with Crippen LogP contribution in [-0.4, -0.2) is 34.9 Å². The Morgan fingerprint density at radius 1 is 1.21 bits per heavy atom. The SMILES string of the molecule is O=C(CSc1nnc(-c2cccc(Br)c2)o1)Nc1cccc(Cl)c1N1CCCC1. The first-order valence-electron chi connectivity index (χ1n) is 9.16. The van der Waals surface area contributed by atoms with Gasteiger partial charge in [-0.05, 0) is 43.2 Å². The van der Waals surface area contributed by atoms with Gasteiger partial charge < -0.3 is 14.6 Å². The summed E-state index contributed by atoms with van der Waals surface area (Å²) in [5.74, 6) is 0.423. The molecule has 150 valence electrons. The highest BCUT2D eigenvalue weighted by molar-refractivity contribution is 9.10. The zero-order valence-corrected chi connectivity index (χ0v) is 18.6. The molecule has 0 unspecified atom stereocenters. The van der Waals surface area contributed by atoms with E-state index >= 15 is 0 Å². The maximum absolute atomic E-state index is 12.5. The minimum Gasteiger partial charge on any atom is -0.411 e. The first kappa shape index (κ1) is 20.3. The third-order valence-corrected chi connectivity index (χ3v) is 6.10. The summed E-state index contributed by atoms with van der Waals surface area (Å²) in [5, 5.41) is 12.0.